The molecule has 0 saturated carbocycles. The normalized spacial score (nSPS) is 23.4. The number of hydrogen-bond acceptors (Lipinski definition) is 4. The van der Waals surface area contributed by atoms with E-state index in [2.05, 4.69) is 5.32 Å². The van der Waals surface area contributed by atoms with Gasteiger partial charge in [-0.3, -0.25) is 0 Å². The quantitative estimate of drug-likeness (QED) is 0.732. The zero-order chi connectivity index (χ0) is 22.6. The number of piperidine rings is 1. The van der Waals surface area contributed by atoms with Crippen molar-refractivity contribution in [2.45, 2.75) is 32.9 Å². The van der Waals surface area contributed by atoms with E-state index in [4.69, 9.17) is 10.00 Å². The Hall–Kier alpha value is -2.47. The van der Waals surface area contributed by atoms with Gasteiger partial charge in [-0.1, -0.05) is 6.92 Å². The number of ether oxygens (including phenoxy) is 1. The van der Waals surface area contributed by atoms with E-state index < -0.39 is 11.7 Å². The summed E-state index contributed by atoms with van der Waals surface area (Å²) >= 11 is 0. The Morgan fingerprint density at radius 1 is 1.35 bits per heavy atom. The topological polar surface area (TPSA) is 68.6 Å². The number of benzene rings is 1. The second-order valence-electron chi connectivity index (χ2n) is 8.36. The van der Waals surface area contributed by atoms with Crippen LogP contribution in [0.3, 0.4) is 0 Å². The predicted molar refractivity (Wildman–Crippen MR) is 111 cm³/mol. The Labute approximate surface area is 180 Å². The molecule has 0 aromatic heterocycles. The summed E-state index contributed by atoms with van der Waals surface area (Å²) < 4.78 is 46.1. The summed E-state index contributed by atoms with van der Waals surface area (Å²) in [6.45, 7) is 7.70. The lowest BCUT2D eigenvalue weighted by Crippen LogP contribution is -2.55. The molecular formula is C22H29F3N4O2. The second kappa shape index (κ2) is 9.35. The van der Waals surface area contributed by atoms with Gasteiger partial charge in [0.1, 0.15) is 0 Å². The number of carbonyl (C=O) groups excluding carboxylic acids is 1. The van der Waals surface area contributed by atoms with Crippen LogP contribution in [0, 0.1) is 22.7 Å². The van der Waals surface area contributed by atoms with E-state index in [1.54, 1.807) is 17.0 Å². The van der Waals surface area contributed by atoms with Gasteiger partial charge in [0.25, 0.3) is 0 Å². The lowest BCUT2D eigenvalue weighted by atomic mass is 9.74. The fourth-order valence-electron chi connectivity index (χ4n) is 4.67. The molecule has 3 rings (SSSR count). The van der Waals surface area contributed by atoms with Crippen molar-refractivity contribution in [3.8, 4) is 6.07 Å². The van der Waals surface area contributed by atoms with Gasteiger partial charge in [-0.05, 0) is 43.9 Å². The molecule has 0 radical (unpaired) electrons. The van der Waals surface area contributed by atoms with Crippen molar-refractivity contribution in [1.82, 2.24) is 10.2 Å². The maximum Gasteiger partial charge on any atom is 0.417 e. The van der Waals surface area contributed by atoms with Gasteiger partial charge < -0.3 is 19.9 Å². The third-order valence-corrected chi connectivity index (χ3v) is 6.27. The lowest BCUT2D eigenvalue weighted by molar-refractivity contribution is -0.137. The van der Waals surface area contributed by atoms with Crippen LogP contribution in [0.5, 0.6) is 0 Å². The van der Waals surface area contributed by atoms with Gasteiger partial charge in [0.05, 0.1) is 23.8 Å². The first-order chi connectivity index (χ1) is 14.7. The van der Waals surface area contributed by atoms with Crippen LogP contribution in [-0.4, -0.2) is 56.9 Å². The number of nitriles is 1. The zero-order valence-electron chi connectivity index (χ0n) is 18.0. The number of carbonyl (C=O) groups is 1. The van der Waals surface area contributed by atoms with Crippen LogP contribution in [0.15, 0.2) is 18.2 Å². The zero-order valence-corrected chi connectivity index (χ0v) is 18.0. The molecule has 2 amide bonds. The summed E-state index contributed by atoms with van der Waals surface area (Å²) in [5, 5.41) is 12.0. The van der Waals surface area contributed by atoms with Crippen molar-refractivity contribution >= 4 is 11.7 Å². The highest BCUT2D eigenvalue weighted by atomic mass is 19.4. The standard InChI is InChI=1S/C22H29F3N4O2/c1-3-8-27-20(30)28-9-7-17-12-29(14-21(17,13-28)15-31-4-2)18-6-5-16(11-26)19(10-18)22(23,24)25/h5-6,10,17H,3-4,7-9,12-15H2,1-2H3,(H,27,30)/t17-,21+/m0/s1. The van der Waals surface area contributed by atoms with E-state index >= 15 is 0 Å². The minimum Gasteiger partial charge on any atom is -0.381 e. The van der Waals surface area contributed by atoms with Crippen LogP contribution < -0.4 is 10.2 Å². The van der Waals surface area contributed by atoms with Crippen molar-refractivity contribution in [3.05, 3.63) is 29.3 Å². The van der Waals surface area contributed by atoms with Crippen LogP contribution in [0.2, 0.25) is 0 Å². The summed E-state index contributed by atoms with van der Waals surface area (Å²) in [6, 6.07) is 5.40. The van der Waals surface area contributed by atoms with Gasteiger partial charge in [-0.25, -0.2) is 4.79 Å². The van der Waals surface area contributed by atoms with Crippen LogP contribution in [0.4, 0.5) is 23.7 Å². The largest absolute Gasteiger partial charge is 0.417 e. The first kappa shape index (κ1) is 23.2. The Bertz CT molecular complexity index is 839. The number of nitrogens with zero attached hydrogens (tertiary/aromatic N) is 3. The van der Waals surface area contributed by atoms with E-state index in [9.17, 15) is 18.0 Å². The summed E-state index contributed by atoms with van der Waals surface area (Å²) in [7, 11) is 0. The predicted octanol–water partition coefficient (Wildman–Crippen LogP) is 3.86. The number of amides is 2. The minimum atomic E-state index is -4.59. The molecule has 1 aromatic carbocycles. The van der Waals surface area contributed by atoms with E-state index in [-0.39, 0.29) is 22.9 Å². The molecule has 9 heteroatoms. The molecule has 0 spiro atoms. The third kappa shape index (κ3) is 4.90. The highest BCUT2D eigenvalue weighted by Gasteiger charge is 2.51. The molecule has 0 aliphatic carbocycles. The first-order valence-corrected chi connectivity index (χ1v) is 10.7. The number of fused-ring (bicyclic) bond motifs is 1. The van der Waals surface area contributed by atoms with Gasteiger partial charge >= 0.3 is 12.2 Å². The molecule has 0 unspecified atom stereocenters. The maximum atomic E-state index is 13.4. The summed E-state index contributed by atoms with van der Waals surface area (Å²) in [4.78, 5) is 16.3. The van der Waals surface area contributed by atoms with Crippen LogP contribution >= 0.6 is 0 Å². The maximum absolute atomic E-state index is 13.4. The summed E-state index contributed by atoms with van der Waals surface area (Å²) in [5.74, 6) is 0.208. The van der Waals surface area contributed by atoms with E-state index in [0.29, 0.717) is 51.6 Å². The van der Waals surface area contributed by atoms with Gasteiger partial charge in [0, 0.05) is 50.4 Å². The fraction of sp³-hybridized carbons (Fsp3) is 0.636. The molecule has 31 heavy (non-hydrogen) atoms. The monoisotopic (exact) mass is 438 g/mol. The van der Waals surface area contributed by atoms with Crippen LogP contribution in [0.25, 0.3) is 0 Å². The number of nitrogens with one attached hydrogen (secondary N) is 1. The lowest BCUT2D eigenvalue weighted by Gasteiger charge is -2.43. The number of urea groups is 1. The molecule has 0 bridgehead atoms. The summed E-state index contributed by atoms with van der Waals surface area (Å²) in [5.41, 5.74) is -1.19. The van der Waals surface area contributed by atoms with Crippen molar-refractivity contribution in [2.75, 3.05) is 50.8 Å². The van der Waals surface area contributed by atoms with Gasteiger partial charge in [0.2, 0.25) is 0 Å². The molecule has 2 heterocycles. The second-order valence-corrected chi connectivity index (χ2v) is 8.36. The number of hydrogen-bond donors (Lipinski definition) is 1. The molecule has 1 N–H and O–H groups in total. The van der Waals surface area contributed by atoms with E-state index in [0.717, 1.165) is 18.9 Å². The molecule has 2 aliphatic rings. The Morgan fingerprint density at radius 2 is 2.13 bits per heavy atom. The van der Waals surface area contributed by atoms with Crippen molar-refractivity contribution < 1.29 is 22.7 Å². The van der Waals surface area contributed by atoms with Crippen molar-refractivity contribution in [1.29, 1.82) is 5.26 Å². The highest BCUT2D eigenvalue weighted by Crippen LogP contribution is 2.45. The molecule has 6 nitrogen and oxygen atoms in total. The minimum absolute atomic E-state index is 0.104. The van der Waals surface area contributed by atoms with E-state index in [1.807, 2.05) is 18.7 Å². The van der Waals surface area contributed by atoms with E-state index in [1.165, 1.54) is 6.07 Å². The molecule has 2 aliphatic heterocycles. The van der Waals surface area contributed by atoms with Gasteiger partial charge in [-0.15, -0.1) is 0 Å². The number of likely N-dealkylation sites (tertiary alicyclic amines) is 1. The molecule has 1 aromatic rings. The Balaban J connectivity index is 1.86. The smallest absolute Gasteiger partial charge is 0.381 e. The highest BCUT2D eigenvalue weighted by molar-refractivity contribution is 5.74. The van der Waals surface area contributed by atoms with Crippen molar-refractivity contribution in [3.63, 3.8) is 0 Å². The van der Waals surface area contributed by atoms with Gasteiger partial charge in [-0.2, -0.15) is 18.4 Å². The third-order valence-electron chi connectivity index (χ3n) is 6.27. The van der Waals surface area contributed by atoms with Crippen molar-refractivity contribution in [2.24, 2.45) is 11.3 Å². The van der Waals surface area contributed by atoms with Crippen LogP contribution in [-0.2, 0) is 10.9 Å². The number of rotatable bonds is 6. The average Bonchev–Trinajstić information content (AvgIpc) is 3.14. The average molecular weight is 438 g/mol. The Morgan fingerprint density at radius 3 is 2.77 bits per heavy atom. The summed E-state index contributed by atoms with van der Waals surface area (Å²) in [6.07, 6.45) is -2.98. The molecular weight excluding hydrogens is 409 g/mol. The molecule has 2 fully saturated rings. The number of halogens is 3. The molecule has 2 atom stereocenters. The molecule has 2 saturated heterocycles. The number of anilines is 1. The van der Waals surface area contributed by atoms with Gasteiger partial charge in [0.15, 0.2) is 0 Å². The SMILES string of the molecule is CCCNC(=O)N1CC[C@H]2CN(c3ccc(C#N)c(C(F)(F)F)c3)C[C@@]2(COCC)C1. The van der Waals surface area contributed by atoms with Crippen LogP contribution in [0.1, 0.15) is 37.8 Å². The fourth-order valence-corrected chi connectivity index (χ4v) is 4.67. The number of alkyl halides is 3. The molecule has 170 valence electrons. The Kier molecular flexibility index (Phi) is 6.99. The first-order valence-electron chi connectivity index (χ1n) is 10.7.